The van der Waals surface area contributed by atoms with Gasteiger partial charge in [0.15, 0.2) is 5.82 Å². The quantitative estimate of drug-likeness (QED) is 0.183. The summed E-state index contributed by atoms with van der Waals surface area (Å²) in [4.78, 5) is 10.1. The van der Waals surface area contributed by atoms with Gasteiger partial charge in [-0.1, -0.05) is 147 Å². The molecule has 2 heterocycles. The molecule has 0 amide bonds. The first-order chi connectivity index (χ1) is 25.5. The molecular weight excluding hydrogens is 631 g/mol. The van der Waals surface area contributed by atoms with E-state index in [-0.39, 0.29) is 5.41 Å². The molecule has 52 heavy (non-hydrogen) atoms. The van der Waals surface area contributed by atoms with Crippen molar-refractivity contribution in [3.8, 4) is 50.7 Å². The summed E-state index contributed by atoms with van der Waals surface area (Å²) in [7, 11) is 0. The number of para-hydroxylation sites is 1. The number of aromatic nitrogens is 3. The number of allylic oxidation sites excluding steroid dienone is 1. The Balaban J connectivity index is 1.12. The summed E-state index contributed by atoms with van der Waals surface area (Å²) in [6.07, 6.45) is 3.51. The zero-order valence-corrected chi connectivity index (χ0v) is 29.3. The van der Waals surface area contributed by atoms with Gasteiger partial charge in [0.05, 0.1) is 22.6 Å². The fourth-order valence-corrected chi connectivity index (χ4v) is 8.68. The summed E-state index contributed by atoms with van der Waals surface area (Å²) in [5.41, 5.74) is 16.9. The van der Waals surface area contributed by atoms with E-state index in [0.29, 0.717) is 5.92 Å². The van der Waals surface area contributed by atoms with Crippen molar-refractivity contribution in [2.45, 2.75) is 31.6 Å². The smallest absolute Gasteiger partial charge is 0.160 e. The maximum absolute atomic E-state index is 5.12. The van der Waals surface area contributed by atoms with Crippen molar-refractivity contribution in [1.29, 1.82) is 0 Å². The molecule has 0 N–H and O–H groups in total. The van der Waals surface area contributed by atoms with Crippen LogP contribution in [0.3, 0.4) is 0 Å². The van der Waals surface area contributed by atoms with E-state index in [2.05, 4.69) is 164 Å². The average molecular weight is 668 g/mol. The second-order valence-corrected chi connectivity index (χ2v) is 14.6. The fourth-order valence-electron chi connectivity index (χ4n) is 8.68. The molecular formula is C49H37N3. The van der Waals surface area contributed by atoms with Crippen LogP contribution in [0, 0.1) is 0 Å². The Hall–Kier alpha value is -6.32. The number of hydrogen-bond acceptors (Lipinski definition) is 2. The second-order valence-electron chi connectivity index (χ2n) is 14.6. The molecule has 2 aliphatic carbocycles. The van der Waals surface area contributed by atoms with Crippen LogP contribution in [0.5, 0.6) is 0 Å². The van der Waals surface area contributed by atoms with Gasteiger partial charge in [-0.15, -0.1) is 0 Å². The molecule has 0 radical (unpaired) electrons. The van der Waals surface area contributed by atoms with Gasteiger partial charge in [-0.25, -0.2) is 9.97 Å². The Labute approximate surface area is 304 Å². The summed E-state index contributed by atoms with van der Waals surface area (Å²) in [6, 6.07) is 58.5. The molecule has 0 saturated heterocycles. The predicted molar refractivity (Wildman–Crippen MR) is 214 cm³/mol. The van der Waals surface area contributed by atoms with E-state index in [1.54, 1.807) is 0 Å². The van der Waals surface area contributed by atoms with Crippen molar-refractivity contribution in [1.82, 2.24) is 14.5 Å². The molecule has 8 aromatic rings. The number of nitrogens with zero attached hydrogens (tertiary/aromatic N) is 3. The predicted octanol–water partition coefficient (Wildman–Crippen LogP) is 12.1. The zero-order chi connectivity index (χ0) is 34.8. The molecule has 1 atom stereocenters. The van der Waals surface area contributed by atoms with Gasteiger partial charge < -0.3 is 4.57 Å². The third-order valence-electron chi connectivity index (χ3n) is 11.3. The minimum Gasteiger partial charge on any atom is -0.310 e. The molecule has 1 unspecified atom stereocenters. The van der Waals surface area contributed by atoms with Crippen molar-refractivity contribution < 1.29 is 0 Å². The molecule has 0 saturated carbocycles. The van der Waals surface area contributed by atoms with Crippen LogP contribution in [0.25, 0.3) is 67.7 Å². The Morgan fingerprint density at radius 1 is 0.558 bits per heavy atom. The van der Waals surface area contributed by atoms with Crippen molar-refractivity contribution >= 4 is 17.0 Å². The summed E-state index contributed by atoms with van der Waals surface area (Å²) in [6.45, 7) is 4.79. The molecule has 0 aliphatic heterocycles. The fraction of sp³-hybridized carbons (Fsp3) is 0.102. The van der Waals surface area contributed by atoms with Gasteiger partial charge in [0.25, 0.3) is 0 Å². The maximum atomic E-state index is 5.12. The Kier molecular flexibility index (Phi) is 6.97. The maximum Gasteiger partial charge on any atom is 0.160 e. The van der Waals surface area contributed by atoms with Gasteiger partial charge in [-0.2, -0.15) is 0 Å². The Morgan fingerprint density at radius 2 is 1.17 bits per heavy atom. The lowest BCUT2D eigenvalue weighted by atomic mass is 9.76. The number of benzene rings is 6. The van der Waals surface area contributed by atoms with E-state index in [9.17, 15) is 0 Å². The van der Waals surface area contributed by atoms with Gasteiger partial charge in [0.2, 0.25) is 0 Å². The highest BCUT2D eigenvalue weighted by Crippen LogP contribution is 2.55. The molecule has 10 rings (SSSR count). The van der Waals surface area contributed by atoms with Crippen LogP contribution >= 0.6 is 0 Å². The number of fused-ring (bicyclic) bond motifs is 6. The largest absolute Gasteiger partial charge is 0.310 e. The van der Waals surface area contributed by atoms with Crippen molar-refractivity contribution in [2.24, 2.45) is 0 Å². The van der Waals surface area contributed by atoms with E-state index in [1.807, 2.05) is 24.3 Å². The summed E-state index contributed by atoms with van der Waals surface area (Å²) >= 11 is 0. The summed E-state index contributed by atoms with van der Waals surface area (Å²) < 4.78 is 2.48. The lowest BCUT2D eigenvalue weighted by Gasteiger charge is -2.28. The summed E-state index contributed by atoms with van der Waals surface area (Å²) in [5.74, 6) is 1.11. The molecule has 0 fully saturated rings. The van der Waals surface area contributed by atoms with Crippen molar-refractivity contribution in [3.05, 3.63) is 192 Å². The number of rotatable bonds is 5. The van der Waals surface area contributed by atoms with Crippen LogP contribution in [0.1, 0.15) is 42.1 Å². The van der Waals surface area contributed by atoms with Crippen LogP contribution < -0.4 is 0 Å². The molecule has 6 aromatic carbocycles. The molecule has 0 bridgehead atoms. The van der Waals surface area contributed by atoms with Gasteiger partial charge in [-0.3, -0.25) is 0 Å². The van der Waals surface area contributed by atoms with Gasteiger partial charge in [0, 0.05) is 39.1 Å². The molecule has 0 spiro atoms. The monoisotopic (exact) mass is 667 g/mol. The van der Waals surface area contributed by atoms with Crippen LogP contribution in [-0.2, 0) is 11.8 Å². The first kappa shape index (κ1) is 30.5. The standard InChI is InChI=1S/C49H37N3/c1-49(2)42-24-13-12-23-38(42)39-29-41-40-28-35(25-26-46(40)52(47(41)30-43(39)49)37-21-10-5-11-22-37)34-19-14-20-36(27-34)45-31-44(32-15-6-3-7-16-32)50-48(51-45)33-17-8-4-9-18-33/h3-28,30-31,39H,29H2,1-2H3. The molecule has 3 nitrogen and oxygen atoms in total. The average Bonchev–Trinajstić information content (AvgIpc) is 3.65. The Morgan fingerprint density at radius 3 is 1.94 bits per heavy atom. The first-order valence-corrected chi connectivity index (χ1v) is 18.2. The van der Waals surface area contributed by atoms with E-state index in [4.69, 9.17) is 9.97 Å². The molecule has 2 aliphatic rings. The van der Waals surface area contributed by atoms with Crippen LogP contribution in [0.15, 0.2) is 169 Å². The minimum atomic E-state index is -0.00965. The van der Waals surface area contributed by atoms with Crippen molar-refractivity contribution in [3.63, 3.8) is 0 Å². The highest BCUT2D eigenvalue weighted by molar-refractivity contribution is 5.95. The van der Waals surface area contributed by atoms with E-state index in [1.165, 1.54) is 55.7 Å². The third kappa shape index (κ3) is 4.88. The van der Waals surface area contributed by atoms with Gasteiger partial charge in [0.1, 0.15) is 0 Å². The minimum absolute atomic E-state index is 0.00965. The third-order valence-corrected chi connectivity index (χ3v) is 11.3. The lowest BCUT2D eigenvalue weighted by Crippen LogP contribution is -2.19. The SMILES string of the molecule is CC1(C)C2=Cc3c(c4cc(-c5cccc(-c6cc(-c7ccccc7)nc(-c7ccccc7)n6)c5)ccc4n3-c3ccccc3)CC2c2ccccc21. The van der Waals surface area contributed by atoms with Crippen molar-refractivity contribution in [2.75, 3.05) is 0 Å². The topological polar surface area (TPSA) is 30.7 Å². The molecule has 248 valence electrons. The lowest BCUT2D eigenvalue weighted by molar-refractivity contribution is 0.613. The summed E-state index contributed by atoms with van der Waals surface area (Å²) in [5, 5.41) is 1.32. The highest BCUT2D eigenvalue weighted by Gasteiger charge is 2.44. The Bertz CT molecular complexity index is 2610. The van der Waals surface area contributed by atoms with E-state index in [0.717, 1.165) is 40.3 Å². The van der Waals surface area contributed by atoms with E-state index >= 15 is 0 Å². The second kappa shape index (κ2) is 11.9. The zero-order valence-electron chi connectivity index (χ0n) is 29.3. The van der Waals surface area contributed by atoms with E-state index < -0.39 is 0 Å². The van der Waals surface area contributed by atoms with Crippen LogP contribution in [0.2, 0.25) is 0 Å². The first-order valence-electron chi connectivity index (χ1n) is 18.2. The molecule has 3 heteroatoms. The van der Waals surface area contributed by atoms with Gasteiger partial charge >= 0.3 is 0 Å². The highest BCUT2D eigenvalue weighted by atomic mass is 15.0. The normalized spacial score (nSPS) is 15.5. The number of hydrogen-bond donors (Lipinski definition) is 0. The van der Waals surface area contributed by atoms with Gasteiger partial charge in [-0.05, 0) is 76.7 Å². The molecule has 2 aromatic heterocycles. The van der Waals surface area contributed by atoms with Crippen LogP contribution in [0.4, 0.5) is 0 Å². The van der Waals surface area contributed by atoms with Crippen LogP contribution in [-0.4, -0.2) is 14.5 Å².